The molecule has 1 heterocycles. The van der Waals surface area contributed by atoms with E-state index < -0.39 is 0 Å². The zero-order valence-corrected chi connectivity index (χ0v) is 12.2. The van der Waals surface area contributed by atoms with Gasteiger partial charge in [-0.05, 0) is 24.8 Å². The number of hydrogen-bond donors (Lipinski definition) is 1. The highest BCUT2D eigenvalue weighted by atomic mass is 32.2. The summed E-state index contributed by atoms with van der Waals surface area (Å²) in [7, 11) is 1.87. The van der Waals surface area contributed by atoms with E-state index in [2.05, 4.69) is 34.3 Å². The van der Waals surface area contributed by atoms with Gasteiger partial charge in [-0.15, -0.1) is 0 Å². The van der Waals surface area contributed by atoms with E-state index in [-0.39, 0.29) is 0 Å². The Morgan fingerprint density at radius 2 is 1.94 bits per heavy atom. The van der Waals surface area contributed by atoms with E-state index in [0.717, 1.165) is 16.0 Å². The maximum atomic E-state index is 4.51. The molecule has 0 atom stereocenters. The van der Waals surface area contributed by atoms with Crippen molar-refractivity contribution < 1.29 is 0 Å². The Labute approximate surface area is 116 Å². The average molecular weight is 277 g/mol. The van der Waals surface area contributed by atoms with Crippen molar-refractivity contribution >= 4 is 29.3 Å². The molecule has 0 aliphatic heterocycles. The molecular weight excluding hydrogens is 262 g/mol. The van der Waals surface area contributed by atoms with Crippen LogP contribution in [0.1, 0.15) is 5.56 Å². The second-order valence-electron chi connectivity index (χ2n) is 3.70. The van der Waals surface area contributed by atoms with Crippen LogP contribution in [0.4, 0.5) is 5.82 Å². The third kappa shape index (κ3) is 3.17. The van der Waals surface area contributed by atoms with Crippen LogP contribution in [0.25, 0.3) is 0 Å². The van der Waals surface area contributed by atoms with E-state index in [9.17, 15) is 0 Å². The fourth-order valence-electron chi connectivity index (χ4n) is 1.46. The summed E-state index contributed by atoms with van der Waals surface area (Å²) >= 11 is 3.22. The van der Waals surface area contributed by atoms with Crippen LogP contribution >= 0.6 is 23.5 Å². The summed E-state index contributed by atoms with van der Waals surface area (Å²) in [5.74, 6) is 0.852. The highest BCUT2D eigenvalue weighted by molar-refractivity contribution is 7.99. The molecule has 94 valence electrons. The maximum Gasteiger partial charge on any atom is 0.190 e. The molecule has 0 saturated carbocycles. The zero-order chi connectivity index (χ0) is 13.0. The molecule has 0 radical (unpaired) electrons. The second kappa shape index (κ2) is 6.11. The fourth-order valence-corrected chi connectivity index (χ4v) is 2.80. The molecule has 1 aromatic heterocycles. The molecule has 0 unspecified atom stereocenters. The van der Waals surface area contributed by atoms with Crippen LogP contribution in [0.15, 0.2) is 45.4 Å². The molecule has 2 rings (SSSR count). The van der Waals surface area contributed by atoms with Gasteiger partial charge in [0.1, 0.15) is 10.8 Å². The molecule has 1 N–H and O–H groups in total. The van der Waals surface area contributed by atoms with Crippen molar-refractivity contribution in [3.05, 3.63) is 35.9 Å². The molecule has 3 nitrogen and oxygen atoms in total. The van der Waals surface area contributed by atoms with E-state index in [0.29, 0.717) is 0 Å². The van der Waals surface area contributed by atoms with Gasteiger partial charge in [-0.2, -0.15) is 0 Å². The topological polar surface area (TPSA) is 37.8 Å². The number of rotatable bonds is 4. The fraction of sp³-hybridized carbons (Fsp3) is 0.231. The summed E-state index contributed by atoms with van der Waals surface area (Å²) in [6.07, 6.45) is 1.98. The van der Waals surface area contributed by atoms with Crippen molar-refractivity contribution in [2.45, 2.75) is 22.0 Å². The lowest BCUT2D eigenvalue weighted by atomic mass is 10.2. The summed E-state index contributed by atoms with van der Waals surface area (Å²) in [5, 5.41) is 4.82. The number of hydrogen-bond acceptors (Lipinski definition) is 5. The third-order valence-electron chi connectivity index (χ3n) is 2.43. The highest BCUT2D eigenvalue weighted by Crippen LogP contribution is 2.30. The zero-order valence-electron chi connectivity index (χ0n) is 10.6. The van der Waals surface area contributed by atoms with E-state index in [4.69, 9.17) is 0 Å². The van der Waals surface area contributed by atoms with Gasteiger partial charge in [0.15, 0.2) is 5.16 Å². The monoisotopic (exact) mass is 277 g/mol. The van der Waals surface area contributed by atoms with Crippen LogP contribution in [0.5, 0.6) is 0 Å². The van der Waals surface area contributed by atoms with Crippen molar-refractivity contribution in [3.8, 4) is 0 Å². The van der Waals surface area contributed by atoms with Crippen molar-refractivity contribution in [2.75, 3.05) is 18.6 Å². The second-order valence-corrected chi connectivity index (χ2v) is 5.53. The van der Waals surface area contributed by atoms with Gasteiger partial charge in [-0.3, -0.25) is 0 Å². The van der Waals surface area contributed by atoms with Crippen LogP contribution in [-0.4, -0.2) is 23.3 Å². The molecule has 0 aliphatic rings. The van der Waals surface area contributed by atoms with Crippen LogP contribution in [0, 0.1) is 6.92 Å². The van der Waals surface area contributed by atoms with Gasteiger partial charge in [-0.1, -0.05) is 41.7 Å². The maximum absolute atomic E-state index is 4.51. The van der Waals surface area contributed by atoms with Gasteiger partial charge >= 0.3 is 0 Å². The van der Waals surface area contributed by atoms with Crippen molar-refractivity contribution in [1.82, 2.24) is 9.97 Å². The molecule has 1 aromatic carbocycles. The summed E-state index contributed by atoms with van der Waals surface area (Å²) in [4.78, 5) is 10.1. The molecule has 18 heavy (non-hydrogen) atoms. The molecule has 2 aromatic rings. The number of anilines is 1. The van der Waals surface area contributed by atoms with Crippen LogP contribution in [-0.2, 0) is 0 Å². The number of aryl methyl sites for hydroxylation is 1. The Balaban J connectivity index is 2.31. The minimum Gasteiger partial charge on any atom is -0.373 e. The summed E-state index contributed by atoms with van der Waals surface area (Å²) < 4.78 is 0. The number of aromatic nitrogens is 2. The predicted octanol–water partition coefficient (Wildman–Crippen LogP) is 3.70. The molecule has 0 amide bonds. The van der Waals surface area contributed by atoms with E-state index in [1.54, 1.807) is 23.5 Å². The van der Waals surface area contributed by atoms with Crippen molar-refractivity contribution in [3.63, 3.8) is 0 Å². The third-order valence-corrected chi connectivity index (χ3v) is 4.07. The Bertz CT molecular complexity index is 521. The van der Waals surface area contributed by atoms with Gasteiger partial charge in [0.2, 0.25) is 0 Å². The molecular formula is C13H15N3S2. The number of nitrogens with zero attached hydrogens (tertiary/aromatic N) is 2. The number of thioether (sulfide) groups is 1. The van der Waals surface area contributed by atoms with Crippen LogP contribution in [0.3, 0.4) is 0 Å². The van der Waals surface area contributed by atoms with Gasteiger partial charge in [0.05, 0.1) is 0 Å². The van der Waals surface area contributed by atoms with Gasteiger partial charge in [-0.25, -0.2) is 9.97 Å². The summed E-state index contributed by atoms with van der Waals surface area (Å²) in [5.41, 5.74) is 1.26. The molecule has 0 aliphatic carbocycles. The Morgan fingerprint density at radius 3 is 2.61 bits per heavy atom. The van der Waals surface area contributed by atoms with E-state index in [1.165, 1.54) is 10.5 Å². The quantitative estimate of drug-likeness (QED) is 0.524. The lowest BCUT2D eigenvalue weighted by Crippen LogP contribution is -1.96. The minimum absolute atomic E-state index is 0.790. The Kier molecular flexibility index (Phi) is 4.49. The number of benzene rings is 1. The standard InChI is InChI=1S/C13H15N3S2/c1-9-6-4-5-7-10(9)18-12-8-11(14-2)15-13(16-12)17-3/h4-8H,1-3H3,(H,14,15,16). The van der Waals surface area contributed by atoms with Crippen molar-refractivity contribution in [1.29, 1.82) is 0 Å². The van der Waals surface area contributed by atoms with Gasteiger partial charge in [0, 0.05) is 18.0 Å². The molecule has 0 bridgehead atoms. The van der Waals surface area contributed by atoms with Crippen LogP contribution < -0.4 is 5.32 Å². The molecule has 5 heteroatoms. The first-order valence-electron chi connectivity index (χ1n) is 5.57. The SMILES string of the molecule is CNc1cc(Sc2ccccc2C)nc(SC)n1. The number of nitrogens with one attached hydrogen (secondary N) is 1. The predicted molar refractivity (Wildman–Crippen MR) is 78.7 cm³/mol. The smallest absolute Gasteiger partial charge is 0.190 e. The lowest BCUT2D eigenvalue weighted by Gasteiger charge is -2.07. The summed E-state index contributed by atoms with van der Waals surface area (Å²) in [6, 6.07) is 10.3. The lowest BCUT2D eigenvalue weighted by molar-refractivity contribution is 0.897. The first kappa shape index (κ1) is 13.2. The molecule has 0 fully saturated rings. The first-order valence-corrected chi connectivity index (χ1v) is 7.61. The first-order chi connectivity index (χ1) is 8.72. The average Bonchev–Trinajstić information content (AvgIpc) is 2.41. The van der Waals surface area contributed by atoms with Gasteiger partial charge in [0.25, 0.3) is 0 Å². The molecule has 0 saturated heterocycles. The Morgan fingerprint density at radius 1 is 1.17 bits per heavy atom. The summed E-state index contributed by atoms with van der Waals surface area (Å²) in [6.45, 7) is 2.11. The normalized spacial score (nSPS) is 10.4. The van der Waals surface area contributed by atoms with Crippen LogP contribution in [0.2, 0.25) is 0 Å². The van der Waals surface area contributed by atoms with Gasteiger partial charge < -0.3 is 5.32 Å². The largest absolute Gasteiger partial charge is 0.373 e. The molecule has 0 spiro atoms. The van der Waals surface area contributed by atoms with E-state index >= 15 is 0 Å². The highest BCUT2D eigenvalue weighted by Gasteiger charge is 2.06. The van der Waals surface area contributed by atoms with Crippen molar-refractivity contribution in [2.24, 2.45) is 0 Å². The Hall–Kier alpha value is -1.20. The minimum atomic E-state index is 0.790. The van der Waals surface area contributed by atoms with E-state index in [1.807, 2.05) is 31.5 Å².